The Kier molecular flexibility index (Phi) is 3.66. The zero-order valence-corrected chi connectivity index (χ0v) is 12.8. The molecule has 0 saturated heterocycles. The second-order valence-corrected chi connectivity index (χ2v) is 5.54. The summed E-state index contributed by atoms with van der Waals surface area (Å²) in [5.41, 5.74) is 1.07. The van der Waals surface area contributed by atoms with Gasteiger partial charge in [-0.05, 0) is 42.3 Å². The van der Waals surface area contributed by atoms with Gasteiger partial charge < -0.3 is 5.11 Å². The van der Waals surface area contributed by atoms with Gasteiger partial charge in [0.25, 0.3) is 5.91 Å². The van der Waals surface area contributed by atoms with E-state index in [1.54, 1.807) is 19.1 Å². The number of aryl methyl sites for hydroxylation is 1. The monoisotopic (exact) mass is 331 g/mol. The molecule has 0 saturated carbocycles. The summed E-state index contributed by atoms with van der Waals surface area (Å²) in [6, 6.07) is 9.76. The van der Waals surface area contributed by atoms with Gasteiger partial charge in [-0.15, -0.1) is 0 Å². The molecule has 0 bridgehead atoms. The fourth-order valence-electron chi connectivity index (χ4n) is 2.44. The first-order valence-electron chi connectivity index (χ1n) is 6.74. The number of benzene rings is 2. The lowest BCUT2D eigenvalue weighted by atomic mass is 10.1. The maximum Gasteiger partial charge on any atom is 0.301 e. The van der Waals surface area contributed by atoms with Crippen molar-refractivity contribution < 1.29 is 19.1 Å². The molecule has 1 heterocycles. The highest BCUT2D eigenvalue weighted by Gasteiger charge is 2.40. The van der Waals surface area contributed by atoms with Crippen LogP contribution < -0.4 is 4.90 Å². The van der Waals surface area contributed by atoms with Gasteiger partial charge >= 0.3 is 5.91 Å². The number of carbonyl (C=O) groups excluding carboxylic acids is 2. The van der Waals surface area contributed by atoms with E-state index in [2.05, 4.69) is 0 Å². The van der Waals surface area contributed by atoms with Crippen molar-refractivity contribution in [2.24, 2.45) is 0 Å². The Morgan fingerprint density at radius 3 is 2.35 bits per heavy atom. The second kappa shape index (κ2) is 5.52. The minimum Gasteiger partial charge on any atom is -0.502 e. The molecule has 23 heavy (non-hydrogen) atoms. The molecule has 3 rings (SSSR count). The Hall–Kier alpha value is -2.66. The average molecular weight is 332 g/mol. The number of imide groups is 1. The summed E-state index contributed by atoms with van der Waals surface area (Å²) in [6.07, 6.45) is 0. The third-order valence-electron chi connectivity index (χ3n) is 3.60. The van der Waals surface area contributed by atoms with E-state index in [4.69, 9.17) is 11.6 Å². The van der Waals surface area contributed by atoms with Crippen LogP contribution in [0.15, 0.2) is 48.2 Å². The van der Waals surface area contributed by atoms with Crippen molar-refractivity contribution in [3.63, 3.8) is 0 Å². The smallest absolute Gasteiger partial charge is 0.301 e. The van der Waals surface area contributed by atoms with E-state index < -0.39 is 23.4 Å². The van der Waals surface area contributed by atoms with Crippen LogP contribution in [0.25, 0.3) is 5.57 Å². The first kappa shape index (κ1) is 15.2. The Bertz CT molecular complexity index is 859. The van der Waals surface area contributed by atoms with Crippen molar-refractivity contribution >= 4 is 34.7 Å². The maximum absolute atomic E-state index is 13.0. The predicted octanol–water partition coefficient (Wildman–Crippen LogP) is 3.63. The van der Waals surface area contributed by atoms with Crippen molar-refractivity contribution in [1.82, 2.24) is 0 Å². The van der Waals surface area contributed by atoms with Crippen LogP contribution in [0.3, 0.4) is 0 Å². The number of nitrogens with zero attached hydrogens (tertiary/aromatic N) is 1. The molecule has 0 aromatic heterocycles. The molecule has 1 aliphatic heterocycles. The number of aliphatic hydroxyl groups is 1. The molecule has 1 N–H and O–H groups in total. The van der Waals surface area contributed by atoms with Crippen LogP contribution in [-0.4, -0.2) is 16.9 Å². The highest BCUT2D eigenvalue weighted by molar-refractivity contribution is 6.45. The Balaban J connectivity index is 2.09. The Morgan fingerprint density at radius 1 is 1.04 bits per heavy atom. The minimum atomic E-state index is -0.834. The summed E-state index contributed by atoms with van der Waals surface area (Å²) in [5, 5.41) is 10.4. The van der Waals surface area contributed by atoms with Crippen LogP contribution in [0.5, 0.6) is 0 Å². The third-order valence-corrected chi connectivity index (χ3v) is 3.84. The predicted molar refractivity (Wildman–Crippen MR) is 84.6 cm³/mol. The number of rotatable bonds is 2. The molecule has 2 amide bonds. The molecule has 0 aliphatic carbocycles. The number of aliphatic hydroxyl groups excluding tert-OH is 1. The van der Waals surface area contributed by atoms with Crippen molar-refractivity contribution in [2.45, 2.75) is 6.92 Å². The van der Waals surface area contributed by atoms with Gasteiger partial charge in [-0.25, -0.2) is 9.29 Å². The zero-order chi connectivity index (χ0) is 16.7. The molecule has 0 spiro atoms. The van der Waals surface area contributed by atoms with Crippen molar-refractivity contribution in [3.8, 4) is 0 Å². The van der Waals surface area contributed by atoms with Crippen molar-refractivity contribution in [1.29, 1.82) is 0 Å². The SMILES string of the molecule is Cc1ccc(Cl)cc1N1C(=O)C(O)=C(c2ccc(F)cc2)C1=O. The van der Waals surface area contributed by atoms with Crippen LogP contribution in [-0.2, 0) is 9.59 Å². The van der Waals surface area contributed by atoms with Crippen molar-refractivity contribution in [2.75, 3.05) is 4.90 Å². The first-order chi connectivity index (χ1) is 10.9. The van der Waals surface area contributed by atoms with Crippen LogP contribution >= 0.6 is 11.6 Å². The van der Waals surface area contributed by atoms with Gasteiger partial charge in [-0.3, -0.25) is 9.59 Å². The second-order valence-electron chi connectivity index (χ2n) is 5.11. The molecule has 2 aromatic carbocycles. The van der Waals surface area contributed by atoms with Gasteiger partial charge in [0.15, 0.2) is 5.76 Å². The van der Waals surface area contributed by atoms with Crippen LogP contribution in [0.2, 0.25) is 5.02 Å². The van der Waals surface area contributed by atoms with Crippen LogP contribution in [0, 0.1) is 12.7 Å². The molecule has 4 nitrogen and oxygen atoms in total. The van der Waals surface area contributed by atoms with E-state index >= 15 is 0 Å². The molecule has 0 unspecified atom stereocenters. The molecule has 116 valence electrons. The van der Waals surface area contributed by atoms with E-state index in [9.17, 15) is 19.1 Å². The molecule has 0 atom stereocenters. The zero-order valence-electron chi connectivity index (χ0n) is 12.0. The van der Waals surface area contributed by atoms with E-state index in [0.29, 0.717) is 16.3 Å². The van der Waals surface area contributed by atoms with Gasteiger partial charge in [0.05, 0.1) is 11.3 Å². The lowest BCUT2D eigenvalue weighted by Crippen LogP contribution is -2.32. The fourth-order valence-corrected chi connectivity index (χ4v) is 2.60. The lowest BCUT2D eigenvalue weighted by molar-refractivity contribution is -0.121. The van der Waals surface area contributed by atoms with E-state index in [1.807, 2.05) is 0 Å². The largest absolute Gasteiger partial charge is 0.502 e. The minimum absolute atomic E-state index is 0.158. The quantitative estimate of drug-likeness (QED) is 0.855. The van der Waals surface area contributed by atoms with Crippen LogP contribution in [0.4, 0.5) is 10.1 Å². The summed E-state index contributed by atoms with van der Waals surface area (Å²) in [7, 11) is 0. The molecule has 0 fully saturated rings. The standard InChI is InChI=1S/C17H11ClFNO3/c1-9-2-5-11(18)8-13(9)20-16(22)14(15(21)17(20)23)10-3-6-12(19)7-4-10/h2-8,21H,1H3. The number of halogens is 2. The molecule has 2 aromatic rings. The third kappa shape index (κ3) is 2.49. The van der Waals surface area contributed by atoms with Gasteiger partial charge in [-0.1, -0.05) is 29.8 Å². The Morgan fingerprint density at radius 2 is 1.70 bits per heavy atom. The number of hydrogen-bond acceptors (Lipinski definition) is 3. The van der Waals surface area contributed by atoms with E-state index in [-0.39, 0.29) is 11.1 Å². The van der Waals surface area contributed by atoms with E-state index in [1.165, 1.54) is 18.2 Å². The summed E-state index contributed by atoms with van der Waals surface area (Å²) >= 11 is 5.93. The van der Waals surface area contributed by atoms with Crippen LogP contribution in [0.1, 0.15) is 11.1 Å². The molecular formula is C17H11ClFNO3. The number of carbonyl (C=O) groups is 2. The highest BCUT2D eigenvalue weighted by atomic mass is 35.5. The molecular weight excluding hydrogens is 321 g/mol. The fraction of sp³-hybridized carbons (Fsp3) is 0.0588. The molecule has 0 radical (unpaired) electrons. The van der Waals surface area contributed by atoms with Gasteiger partial charge in [-0.2, -0.15) is 0 Å². The normalized spacial score (nSPS) is 14.8. The average Bonchev–Trinajstić information content (AvgIpc) is 2.73. The maximum atomic E-state index is 13.0. The lowest BCUT2D eigenvalue weighted by Gasteiger charge is -2.17. The Labute approximate surface area is 136 Å². The van der Waals surface area contributed by atoms with Crippen molar-refractivity contribution in [3.05, 3.63) is 70.2 Å². The van der Waals surface area contributed by atoms with Gasteiger partial charge in [0.2, 0.25) is 0 Å². The highest BCUT2D eigenvalue weighted by Crippen LogP contribution is 2.34. The first-order valence-corrected chi connectivity index (χ1v) is 7.12. The summed E-state index contributed by atoms with van der Waals surface area (Å²) in [5.74, 6) is -2.65. The van der Waals surface area contributed by atoms with E-state index in [0.717, 1.165) is 17.0 Å². The summed E-state index contributed by atoms with van der Waals surface area (Å²) in [6.45, 7) is 1.72. The van der Waals surface area contributed by atoms with Gasteiger partial charge in [0.1, 0.15) is 5.82 Å². The summed E-state index contributed by atoms with van der Waals surface area (Å²) < 4.78 is 13.0. The van der Waals surface area contributed by atoms with Gasteiger partial charge in [0, 0.05) is 5.02 Å². The topological polar surface area (TPSA) is 57.6 Å². The number of hydrogen-bond donors (Lipinski definition) is 1. The number of anilines is 1. The molecule has 6 heteroatoms. The summed E-state index contributed by atoms with van der Waals surface area (Å²) in [4.78, 5) is 25.8. The molecule has 1 aliphatic rings. The number of amides is 2.